The first-order chi connectivity index (χ1) is 13.2. The van der Waals surface area contributed by atoms with E-state index in [-0.39, 0.29) is 11.8 Å². The van der Waals surface area contributed by atoms with E-state index in [2.05, 4.69) is 15.6 Å². The van der Waals surface area contributed by atoms with Gasteiger partial charge in [0.2, 0.25) is 5.91 Å². The fraction of sp³-hybridized carbons (Fsp3) is 0.0455. The van der Waals surface area contributed by atoms with E-state index < -0.39 is 0 Å². The van der Waals surface area contributed by atoms with Gasteiger partial charge in [0, 0.05) is 30.7 Å². The lowest BCUT2D eigenvalue weighted by molar-refractivity contribution is -0.111. The maximum Gasteiger partial charge on any atom is 0.253 e. The number of anilines is 1. The fourth-order valence-electron chi connectivity index (χ4n) is 2.41. The van der Waals surface area contributed by atoms with Crippen molar-refractivity contribution in [2.75, 3.05) is 5.32 Å². The van der Waals surface area contributed by atoms with Gasteiger partial charge in [0.25, 0.3) is 5.91 Å². The zero-order valence-corrected chi connectivity index (χ0v) is 14.6. The van der Waals surface area contributed by atoms with Gasteiger partial charge in [-0.1, -0.05) is 42.5 Å². The molecular formula is C22H19N3O2. The quantitative estimate of drug-likeness (QED) is 0.661. The number of nitrogens with one attached hydrogen (secondary N) is 2. The number of rotatable bonds is 6. The number of benzene rings is 2. The Balaban J connectivity index is 1.50. The molecule has 5 heteroatoms. The predicted molar refractivity (Wildman–Crippen MR) is 106 cm³/mol. The van der Waals surface area contributed by atoms with E-state index in [0.717, 1.165) is 11.1 Å². The molecule has 27 heavy (non-hydrogen) atoms. The van der Waals surface area contributed by atoms with E-state index in [9.17, 15) is 9.59 Å². The van der Waals surface area contributed by atoms with Crippen molar-refractivity contribution < 1.29 is 9.59 Å². The second-order valence-electron chi connectivity index (χ2n) is 5.85. The van der Waals surface area contributed by atoms with E-state index in [1.54, 1.807) is 36.5 Å². The first-order valence-electron chi connectivity index (χ1n) is 8.52. The topological polar surface area (TPSA) is 71.1 Å². The van der Waals surface area contributed by atoms with Crippen molar-refractivity contribution in [1.82, 2.24) is 10.3 Å². The summed E-state index contributed by atoms with van der Waals surface area (Å²) >= 11 is 0. The summed E-state index contributed by atoms with van der Waals surface area (Å²) < 4.78 is 0. The Labute approximate surface area is 157 Å². The molecule has 0 radical (unpaired) electrons. The summed E-state index contributed by atoms with van der Waals surface area (Å²) in [6, 6.07) is 20.4. The van der Waals surface area contributed by atoms with E-state index in [1.807, 2.05) is 42.5 Å². The molecule has 0 aliphatic carbocycles. The zero-order valence-electron chi connectivity index (χ0n) is 14.6. The summed E-state index contributed by atoms with van der Waals surface area (Å²) in [5.74, 6) is -0.372. The molecule has 1 aromatic heterocycles. The molecule has 0 bridgehead atoms. The van der Waals surface area contributed by atoms with Crippen molar-refractivity contribution in [2.45, 2.75) is 6.54 Å². The van der Waals surface area contributed by atoms with Crippen LogP contribution in [0.4, 0.5) is 5.69 Å². The molecule has 0 saturated heterocycles. The van der Waals surface area contributed by atoms with Gasteiger partial charge in [0.15, 0.2) is 0 Å². The molecule has 5 nitrogen and oxygen atoms in total. The third kappa shape index (κ3) is 5.64. The molecule has 0 aliphatic rings. The average molecular weight is 357 g/mol. The van der Waals surface area contributed by atoms with E-state index >= 15 is 0 Å². The maximum atomic E-state index is 12.0. The van der Waals surface area contributed by atoms with Gasteiger partial charge in [-0.25, -0.2) is 0 Å². The number of carbonyl (C=O) groups is 2. The Bertz CT molecular complexity index is 921. The standard InChI is InChI=1S/C22H19N3O2/c26-21(13-10-17-5-2-1-3-6-17)25-20-11-8-18(9-12-20)15-24-22(27)19-7-4-14-23-16-19/h1-14,16H,15H2,(H,24,27)(H,25,26)/b13-10+. The Morgan fingerprint density at radius 3 is 2.41 bits per heavy atom. The van der Waals surface area contributed by atoms with Crippen LogP contribution in [0.5, 0.6) is 0 Å². The summed E-state index contributed by atoms with van der Waals surface area (Å²) in [5, 5.41) is 5.65. The van der Waals surface area contributed by atoms with Crippen molar-refractivity contribution in [3.05, 3.63) is 102 Å². The number of aromatic nitrogens is 1. The number of amides is 2. The minimum Gasteiger partial charge on any atom is -0.348 e. The van der Waals surface area contributed by atoms with E-state index in [0.29, 0.717) is 17.8 Å². The lowest BCUT2D eigenvalue weighted by Crippen LogP contribution is -2.22. The third-order valence-electron chi connectivity index (χ3n) is 3.82. The highest BCUT2D eigenvalue weighted by Crippen LogP contribution is 2.10. The van der Waals surface area contributed by atoms with Gasteiger partial charge < -0.3 is 10.6 Å². The van der Waals surface area contributed by atoms with Crippen LogP contribution in [0.15, 0.2) is 85.2 Å². The molecule has 3 rings (SSSR count). The summed E-state index contributed by atoms with van der Waals surface area (Å²) in [5.41, 5.74) is 3.11. The molecule has 134 valence electrons. The number of nitrogens with zero attached hydrogens (tertiary/aromatic N) is 1. The first-order valence-corrected chi connectivity index (χ1v) is 8.52. The minimum absolute atomic E-state index is 0.175. The molecule has 0 spiro atoms. The average Bonchev–Trinajstić information content (AvgIpc) is 2.73. The number of hydrogen-bond donors (Lipinski definition) is 2. The van der Waals surface area contributed by atoms with Crippen molar-refractivity contribution >= 4 is 23.6 Å². The Morgan fingerprint density at radius 1 is 0.926 bits per heavy atom. The van der Waals surface area contributed by atoms with Gasteiger partial charge in [-0.2, -0.15) is 0 Å². The monoisotopic (exact) mass is 357 g/mol. The molecule has 0 aliphatic heterocycles. The number of pyridine rings is 1. The van der Waals surface area contributed by atoms with E-state index in [1.165, 1.54) is 12.3 Å². The third-order valence-corrected chi connectivity index (χ3v) is 3.82. The second kappa shape index (κ2) is 9.10. The molecule has 0 atom stereocenters. The van der Waals surface area contributed by atoms with Crippen molar-refractivity contribution in [2.24, 2.45) is 0 Å². The molecular weight excluding hydrogens is 338 g/mol. The van der Waals surface area contributed by atoms with Crippen LogP contribution >= 0.6 is 0 Å². The molecule has 0 saturated carbocycles. The molecule has 0 unspecified atom stereocenters. The van der Waals surface area contributed by atoms with Gasteiger partial charge in [0.1, 0.15) is 0 Å². The Morgan fingerprint density at radius 2 is 1.70 bits per heavy atom. The Hall–Kier alpha value is -3.73. The van der Waals surface area contributed by atoms with E-state index in [4.69, 9.17) is 0 Å². The van der Waals surface area contributed by atoms with Crippen LogP contribution < -0.4 is 10.6 Å². The number of hydrogen-bond acceptors (Lipinski definition) is 3. The van der Waals surface area contributed by atoms with Crippen LogP contribution in [0, 0.1) is 0 Å². The highest BCUT2D eigenvalue weighted by atomic mass is 16.2. The summed E-state index contributed by atoms with van der Waals surface area (Å²) in [6.07, 6.45) is 6.41. The molecule has 2 amide bonds. The fourth-order valence-corrected chi connectivity index (χ4v) is 2.41. The van der Waals surface area contributed by atoms with Gasteiger partial charge in [-0.05, 0) is 41.5 Å². The molecule has 0 fully saturated rings. The molecule has 2 aromatic carbocycles. The highest BCUT2D eigenvalue weighted by molar-refractivity contribution is 6.01. The van der Waals surface area contributed by atoms with Crippen LogP contribution in [-0.4, -0.2) is 16.8 Å². The summed E-state index contributed by atoms with van der Waals surface area (Å²) in [7, 11) is 0. The van der Waals surface area contributed by atoms with Gasteiger partial charge in [0.05, 0.1) is 5.56 Å². The maximum absolute atomic E-state index is 12.0. The largest absolute Gasteiger partial charge is 0.348 e. The number of carbonyl (C=O) groups excluding carboxylic acids is 2. The van der Waals surface area contributed by atoms with Gasteiger partial charge >= 0.3 is 0 Å². The lowest BCUT2D eigenvalue weighted by Gasteiger charge is -2.07. The second-order valence-corrected chi connectivity index (χ2v) is 5.85. The predicted octanol–water partition coefficient (Wildman–Crippen LogP) is 3.66. The summed E-state index contributed by atoms with van der Waals surface area (Å²) in [6.45, 7) is 0.399. The highest BCUT2D eigenvalue weighted by Gasteiger charge is 2.05. The lowest BCUT2D eigenvalue weighted by atomic mass is 10.2. The van der Waals surface area contributed by atoms with Crippen molar-refractivity contribution in [3.63, 3.8) is 0 Å². The van der Waals surface area contributed by atoms with Crippen LogP contribution in [-0.2, 0) is 11.3 Å². The smallest absolute Gasteiger partial charge is 0.253 e. The first kappa shape index (κ1) is 18.1. The summed E-state index contributed by atoms with van der Waals surface area (Å²) in [4.78, 5) is 27.9. The van der Waals surface area contributed by atoms with Crippen molar-refractivity contribution in [1.29, 1.82) is 0 Å². The van der Waals surface area contributed by atoms with Crippen LogP contribution in [0.1, 0.15) is 21.5 Å². The molecule has 2 N–H and O–H groups in total. The van der Waals surface area contributed by atoms with Crippen molar-refractivity contribution in [3.8, 4) is 0 Å². The minimum atomic E-state index is -0.198. The SMILES string of the molecule is O=C(/C=C/c1ccccc1)Nc1ccc(CNC(=O)c2cccnc2)cc1. The van der Waals surface area contributed by atoms with Crippen LogP contribution in [0.2, 0.25) is 0 Å². The van der Waals surface area contributed by atoms with Gasteiger partial charge in [-0.3, -0.25) is 14.6 Å². The Kier molecular flexibility index (Phi) is 6.09. The molecule has 1 heterocycles. The van der Waals surface area contributed by atoms with Crippen LogP contribution in [0.3, 0.4) is 0 Å². The van der Waals surface area contributed by atoms with Crippen LogP contribution in [0.25, 0.3) is 6.08 Å². The molecule has 3 aromatic rings. The zero-order chi connectivity index (χ0) is 18.9. The van der Waals surface area contributed by atoms with Gasteiger partial charge in [-0.15, -0.1) is 0 Å². The normalized spacial score (nSPS) is 10.5.